The Morgan fingerprint density at radius 2 is 2.00 bits per heavy atom. The van der Waals surface area contributed by atoms with Gasteiger partial charge in [0.05, 0.1) is 11.1 Å². The predicted molar refractivity (Wildman–Crippen MR) is 90.8 cm³/mol. The second-order valence-electron chi connectivity index (χ2n) is 5.42. The molecule has 3 rings (SSSR count). The Morgan fingerprint density at radius 3 is 2.71 bits per heavy atom. The average Bonchev–Trinajstić information content (AvgIpc) is 2.57. The molecular formula is C18H16FN3O2. The number of carbonyl (C=O) groups excluding carboxylic acids is 1. The van der Waals surface area contributed by atoms with E-state index in [0.717, 1.165) is 5.69 Å². The van der Waals surface area contributed by atoms with Gasteiger partial charge < -0.3 is 9.88 Å². The molecule has 0 bridgehead atoms. The third kappa shape index (κ3) is 2.78. The lowest BCUT2D eigenvalue weighted by molar-refractivity contribution is 0.102. The Kier molecular flexibility index (Phi) is 4.12. The lowest BCUT2D eigenvalue weighted by atomic mass is 10.1. The van der Waals surface area contributed by atoms with Crippen molar-refractivity contribution in [1.29, 1.82) is 0 Å². The number of pyridine rings is 2. The van der Waals surface area contributed by atoms with E-state index in [1.807, 2.05) is 13.8 Å². The van der Waals surface area contributed by atoms with Crippen LogP contribution in [0.2, 0.25) is 0 Å². The molecule has 122 valence electrons. The number of hydrogen-bond acceptors (Lipinski definition) is 3. The third-order valence-corrected chi connectivity index (χ3v) is 3.77. The van der Waals surface area contributed by atoms with Crippen LogP contribution in [0.5, 0.6) is 0 Å². The number of halogens is 1. The van der Waals surface area contributed by atoms with Gasteiger partial charge >= 0.3 is 0 Å². The van der Waals surface area contributed by atoms with Gasteiger partial charge in [-0.1, -0.05) is 12.1 Å². The number of para-hydroxylation sites is 1. The number of nitrogens with one attached hydrogen (secondary N) is 1. The number of anilines is 1. The molecule has 1 amide bonds. The topological polar surface area (TPSA) is 64.0 Å². The van der Waals surface area contributed by atoms with E-state index in [4.69, 9.17) is 0 Å². The third-order valence-electron chi connectivity index (χ3n) is 3.77. The maximum absolute atomic E-state index is 13.7. The van der Waals surface area contributed by atoms with Gasteiger partial charge in [-0.25, -0.2) is 9.37 Å². The second kappa shape index (κ2) is 6.23. The highest BCUT2D eigenvalue weighted by molar-refractivity contribution is 6.05. The van der Waals surface area contributed by atoms with Crippen molar-refractivity contribution < 1.29 is 9.18 Å². The molecule has 6 heteroatoms. The van der Waals surface area contributed by atoms with Crippen molar-refractivity contribution in [2.45, 2.75) is 20.4 Å². The van der Waals surface area contributed by atoms with Crippen molar-refractivity contribution in [3.8, 4) is 0 Å². The van der Waals surface area contributed by atoms with Gasteiger partial charge in [0.15, 0.2) is 0 Å². The predicted octanol–water partition coefficient (Wildman–Crippen LogP) is 3.12. The fourth-order valence-electron chi connectivity index (χ4n) is 2.51. The molecule has 24 heavy (non-hydrogen) atoms. The monoisotopic (exact) mass is 325 g/mol. The zero-order valence-electron chi connectivity index (χ0n) is 13.3. The summed E-state index contributed by atoms with van der Waals surface area (Å²) in [6, 6.07) is 9.20. The summed E-state index contributed by atoms with van der Waals surface area (Å²) in [4.78, 5) is 29.4. The van der Waals surface area contributed by atoms with Gasteiger partial charge in [-0.15, -0.1) is 0 Å². The van der Waals surface area contributed by atoms with Gasteiger partial charge in [0, 0.05) is 18.4 Å². The number of aryl methyl sites for hydroxylation is 2. The zero-order chi connectivity index (χ0) is 17.3. The molecular weight excluding hydrogens is 309 g/mol. The van der Waals surface area contributed by atoms with E-state index in [1.54, 1.807) is 22.8 Å². The van der Waals surface area contributed by atoms with Crippen molar-refractivity contribution >= 4 is 22.6 Å². The molecule has 3 aromatic rings. The molecule has 1 N–H and O–H groups in total. The van der Waals surface area contributed by atoms with E-state index < -0.39 is 17.2 Å². The molecule has 0 unspecified atom stereocenters. The molecule has 0 saturated carbocycles. The molecule has 0 saturated heterocycles. The van der Waals surface area contributed by atoms with E-state index >= 15 is 0 Å². The minimum Gasteiger partial charge on any atom is -0.332 e. The van der Waals surface area contributed by atoms with Gasteiger partial charge in [-0.3, -0.25) is 9.59 Å². The summed E-state index contributed by atoms with van der Waals surface area (Å²) >= 11 is 0. The summed E-state index contributed by atoms with van der Waals surface area (Å²) in [5.74, 6) is -1.20. The molecule has 5 nitrogen and oxygen atoms in total. The van der Waals surface area contributed by atoms with Crippen LogP contribution in [0.15, 0.2) is 47.4 Å². The second-order valence-corrected chi connectivity index (χ2v) is 5.42. The van der Waals surface area contributed by atoms with Gasteiger partial charge in [-0.05, 0) is 38.1 Å². The highest BCUT2D eigenvalue weighted by atomic mass is 19.1. The molecule has 0 aliphatic heterocycles. The fraction of sp³-hybridized carbons (Fsp3) is 0.167. The van der Waals surface area contributed by atoms with Gasteiger partial charge in [0.1, 0.15) is 17.0 Å². The Bertz CT molecular complexity index is 995. The van der Waals surface area contributed by atoms with E-state index in [0.29, 0.717) is 17.6 Å². The maximum atomic E-state index is 13.7. The molecule has 2 aromatic heterocycles. The number of hydrogen-bond donors (Lipinski definition) is 1. The Labute approximate surface area is 137 Å². The van der Waals surface area contributed by atoms with Crippen LogP contribution in [0.25, 0.3) is 11.0 Å². The first kappa shape index (κ1) is 15.9. The van der Waals surface area contributed by atoms with Crippen LogP contribution >= 0.6 is 0 Å². The number of rotatable bonds is 3. The number of aromatic nitrogens is 2. The summed E-state index contributed by atoms with van der Waals surface area (Å²) in [6.07, 6.45) is 1.47. The Morgan fingerprint density at radius 1 is 1.25 bits per heavy atom. The van der Waals surface area contributed by atoms with Crippen molar-refractivity contribution in [3.05, 3.63) is 69.9 Å². The number of carbonyl (C=O) groups is 1. The lowest BCUT2D eigenvalue weighted by Crippen LogP contribution is -2.24. The van der Waals surface area contributed by atoms with Crippen LogP contribution < -0.4 is 10.7 Å². The number of amides is 1. The average molecular weight is 325 g/mol. The van der Waals surface area contributed by atoms with Crippen LogP contribution in [-0.2, 0) is 6.54 Å². The molecule has 0 fully saturated rings. The molecule has 0 spiro atoms. The first-order valence-electron chi connectivity index (χ1n) is 7.58. The number of benzene rings is 1. The summed E-state index contributed by atoms with van der Waals surface area (Å²) in [6.45, 7) is 4.28. The molecule has 2 heterocycles. The summed E-state index contributed by atoms with van der Waals surface area (Å²) < 4.78 is 15.4. The normalized spacial score (nSPS) is 10.8. The van der Waals surface area contributed by atoms with Gasteiger partial charge in [-0.2, -0.15) is 0 Å². The molecule has 1 aromatic carbocycles. The molecule has 0 aliphatic rings. The molecule has 0 aliphatic carbocycles. The van der Waals surface area contributed by atoms with Crippen molar-refractivity contribution in [3.63, 3.8) is 0 Å². The smallest absolute Gasteiger partial charge is 0.261 e. The maximum Gasteiger partial charge on any atom is 0.261 e. The lowest BCUT2D eigenvalue weighted by Gasteiger charge is -2.12. The van der Waals surface area contributed by atoms with Crippen molar-refractivity contribution in [1.82, 2.24) is 9.55 Å². The molecule has 0 atom stereocenters. The Hall–Kier alpha value is -3.02. The SMILES string of the molecule is CCn1cc(C(=O)Nc2ccccc2F)c(=O)c2ccc(C)nc21. The fourth-order valence-corrected chi connectivity index (χ4v) is 2.51. The molecule has 0 radical (unpaired) electrons. The minimum atomic E-state index is -0.644. The van der Waals surface area contributed by atoms with Crippen molar-refractivity contribution in [2.24, 2.45) is 0 Å². The first-order valence-corrected chi connectivity index (χ1v) is 7.58. The number of nitrogens with zero attached hydrogens (tertiary/aromatic N) is 2. The van der Waals surface area contributed by atoms with E-state index in [-0.39, 0.29) is 11.3 Å². The first-order chi connectivity index (χ1) is 11.5. The van der Waals surface area contributed by atoms with E-state index in [2.05, 4.69) is 10.3 Å². The highest BCUT2D eigenvalue weighted by Crippen LogP contribution is 2.15. The van der Waals surface area contributed by atoms with E-state index in [9.17, 15) is 14.0 Å². The van der Waals surface area contributed by atoms with Crippen molar-refractivity contribution in [2.75, 3.05) is 5.32 Å². The highest BCUT2D eigenvalue weighted by Gasteiger charge is 2.17. The van der Waals surface area contributed by atoms with Crippen LogP contribution in [-0.4, -0.2) is 15.5 Å². The summed E-state index contributed by atoms with van der Waals surface area (Å²) in [5.41, 5.74) is 0.888. The summed E-state index contributed by atoms with van der Waals surface area (Å²) in [7, 11) is 0. The Balaban J connectivity index is 2.11. The standard InChI is InChI=1S/C18H16FN3O2/c1-3-22-10-13(16(23)12-9-8-11(2)20-17(12)22)18(24)21-15-7-5-4-6-14(15)19/h4-10H,3H2,1-2H3,(H,21,24). The van der Waals surface area contributed by atoms with Gasteiger partial charge in [0.25, 0.3) is 5.91 Å². The largest absolute Gasteiger partial charge is 0.332 e. The van der Waals surface area contributed by atoms with Crippen LogP contribution in [0.3, 0.4) is 0 Å². The van der Waals surface area contributed by atoms with Crippen LogP contribution in [0.4, 0.5) is 10.1 Å². The summed E-state index contributed by atoms with van der Waals surface area (Å²) in [5, 5.41) is 2.81. The van der Waals surface area contributed by atoms with Crippen LogP contribution in [0, 0.1) is 12.7 Å². The van der Waals surface area contributed by atoms with E-state index in [1.165, 1.54) is 24.4 Å². The van der Waals surface area contributed by atoms with Gasteiger partial charge in [0.2, 0.25) is 5.43 Å². The minimum absolute atomic E-state index is 0.0343. The van der Waals surface area contributed by atoms with Crippen LogP contribution in [0.1, 0.15) is 23.0 Å². The quantitative estimate of drug-likeness (QED) is 0.805. The zero-order valence-corrected chi connectivity index (χ0v) is 13.3. The number of fused-ring (bicyclic) bond motifs is 1.